The van der Waals surface area contributed by atoms with Gasteiger partial charge < -0.3 is 4.74 Å². The summed E-state index contributed by atoms with van der Waals surface area (Å²) in [6, 6.07) is 3.82. The van der Waals surface area contributed by atoms with Gasteiger partial charge in [0.05, 0.1) is 25.2 Å². The largest absolute Gasteiger partial charge is 0.481 e. The zero-order valence-electron chi connectivity index (χ0n) is 10.4. The van der Waals surface area contributed by atoms with Gasteiger partial charge >= 0.3 is 0 Å². The van der Waals surface area contributed by atoms with Gasteiger partial charge in [0, 0.05) is 11.8 Å². The molecule has 6 heteroatoms. The van der Waals surface area contributed by atoms with Crippen molar-refractivity contribution in [2.24, 2.45) is 0 Å². The monoisotopic (exact) mass is 266 g/mol. The van der Waals surface area contributed by atoms with Crippen LogP contribution in [0.2, 0.25) is 0 Å². The van der Waals surface area contributed by atoms with Crippen molar-refractivity contribution in [1.29, 1.82) is 0 Å². The van der Waals surface area contributed by atoms with E-state index in [1.54, 1.807) is 18.0 Å². The van der Waals surface area contributed by atoms with Crippen molar-refractivity contribution >= 4 is 11.6 Å². The van der Waals surface area contributed by atoms with E-state index < -0.39 is 0 Å². The van der Waals surface area contributed by atoms with E-state index in [1.165, 1.54) is 0 Å². The summed E-state index contributed by atoms with van der Waals surface area (Å²) >= 11 is 6.11. The van der Waals surface area contributed by atoms with Crippen LogP contribution in [0.4, 0.5) is 0 Å². The molecule has 18 heavy (non-hydrogen) atoms. The van der Waals surface area contributed by atoms with Crippen LogP contribution in [-0.4, -0.2) is 27.1 Å². The fraction of sp³-hybridized carbons (Fsp3) is 0.417. The van der Waals surface area contributed by atoms with Crippen molar-refractivity contribution in [2.75, 3.05) is 7.11 Å². The first kappa shape index (κ1) is 12.8. The van der Waals surface area contributed by atoms with Crippen molar-refractivity contribution in [3.63, 3.8) is 0 Å². The van der Waals surface area contributed by atoms with Gasteiger partial charge in [-0.25, -0.2) is 9.67 Å². The highest BCUT2D eigenvalue weighted by molar-refractivity contribution is 6.20. The van der Waals surface area contributed by atoms with E-state index in [2.05, 4.69) is 15.3 Å². The standard InChI is InChI=1S/C12H15ClN4O/c1-3-10(13)11-8-17(16-15-11)7-9-5-4-6-14-12(9)18-2/h4-6,8,10H,3,7H2,1-2H3. The molecule has 0 fully saturated rings. The van der Waals surface area contributed by atoms with Gasteiger partial charge in [-0.05, 0) is 12.5 Å². The van der Waals surface area contributed by atoms with Crippen LogP contribution in [0, 0.1) is 0 Å². The number of pyridine rings is 1. The van der Waals surface area contributed by atoms with E-state index in [-0.39, 0.29) is 5.38 Å². The number of alkyl halides is 1. The number of ether oxygens (including phenoxy) is 1. The molecule has 0 amide bonds. The summed E-state index contributed by atoms with van der Waals surface area (Å²) in [6.45, 7) is 2.58. The number of aromatic nitrogens is 4. The molecule has 0 saturated heterocycles. The topological polar surface area (TPSA) is 52.8 Å². The average Bonchev–Trinajstić information content (AvgIpc) is 2.87. The van der Waals surface area contributed by atoms with Crippen molar-refractivity contribution in [3.05, 3.63) is 35.8 Å². The van der Waals surface area contributed by atoms with Crippen LogP contribution >= 0.6 is 11.6 Å². The molecule has 0 bridgehead atoms. The van der Waals surface area contributed by atoms with Crippen molar-refractivity contribution in [1.82, 2.24) is 20.0 Å². The van der Waals surface area contributed by atoms with Crippen molar-refractivity contribution in [2.45, 2.75) is 25.3 Å². The van der Waals surface area contributed by atoms with Crippen molar-refractivity contribution < 1.29 is 4.74 Å². The average molecular weight is 267 g/mol. The van der Waals surface area contributed by atoms with E-state index in [4.69, 9.17) is 16.3 Å². The number of methoxy groups -OCH3 is 1. The van der Waals surface area contributed by atoms with Crippen LogP contribution in [0.1, 0.15) is 30.0 Å². The Balaban J connectivity index is 2.16. The third-order valence-electron chi connectivity index (χ3n) is 2.61. The zero-order chi connectivity index (χ0) is 13.0. The van der Waals surface area contributed by atoms with E-state index >= 15 is 0 Å². The normalized spacial score (nSPS) is 12.4. The molecule has 96 valence electrons. The lowest BCUT2D eigenvalue weighted by Gasteiger charge is -2.06. The number of nitrogens with zero attached hydrogens (tertiary/aromatic N) is 4. The van der Waals surface area contributed by atoms with Crippen LogP contribution in [0.15, 0.2) is 24.5 Å². The maximum absolute atomic E-state index is 6.11. The Labute approximate surface area is 111 Å². The third-order valence-corrected chi connectivity index (χ3v) is 3.14. The Morgan fingerprint density at radius 1 is 1.50 bits per heavy atom. The van der Waals surface area contributed by atoms with Gasteiger partial charge in [0.1, 0.15) is 5.69 Å². The molecule has 2 rings (SSSR count). The molecular weight excluding hydrogens is 252 g/mol. The fourth-order valence-corrected chi connectivity index (χ4v) is 1.75. The molecule has 0 aliphatic heterocycles. The summed E-state index contributed by atoms with van der Waals surface area (Å²) in [5.74, 6) is 0.604. The minimum atomic E-state index is -0.0884. The Bertz CT molecular complexity index is 514. The molecule has 0 spiro atoms. The highest BCUT2D eigenvalue weighted by Gasteiger charge is 2.11. The molecule has 0 radical (unpaired) electrons. The van der Waals surface area contributed by atoms with Crippen LogP contribution in [0.5, 0.6) is 5.88 Å². The lowest BCUT2D eigenvalue weighted by atomic mass is 10.2. The number of hydrogen-bond donors (Lipinski definition) is 0. The molecule has 1 atom stereocenters. The zero-order valence-corrected chi connectivity index (χ0v) is 11.1. The highest BCUT2D eigenvalue weighted by Crippen LogP contribution is 2.21. The number of halogens is 1. The van der Waals surface area contributed by atoms with E-state index in [1.807, 2.05) is 25.3 Å². The second kappa shape index (κ2) is 5.82. The van der Waals surface area contributed by atoms with Gasteiger partial charge in [-0.2, -0.15) is 0 Å². The van der Waals surface area contributed by atoms with Crippen LogP contribution in [0.3, 0.4) is 0 Å². The summed E-state index contributed by atoms with van der Waals surface area (Å²) in [5.41, 5.74) is 1.75. The van der Waals surface area contributed by atoms with Crippen LogP contribution in [0.25, 0.3) is 0 Å². The Kier molecular flexibility index (Phi) is 4.15. The summed E-state index contributed by atoms with van der Waals surface area (Å²) in [4.78, 5) is 4.14. The van der Waals surface area contributed by atoms with Crippen LogP contribution < -0.4 is 4.74 Å². The smallest absolute Gasteiger partial charge is 0.218 e. The lowest BCUT2D eigenvalue weighted by molar-refractivity contribution is 0.390. The predicted molar refractivity (Wildman–Crippen MR) is 68.8 cm³/mol. The van der Waals surface area contributed by atoms with E-state index in [0.29, 0.717) is 12.4 Å². The third kappa shape index (κ3) is 2.79. The summed E-state index contributed by atoms with van der Waals surface area (Å²) in [7, 11) is 1.60. The second-order valence-electron chi connectivity index (χ2n) is 3.89. The summed E-state index contributed by atoms with van der Waals surface area (Å²) in [5, 5.41) is 8.02. The summed E-state index contributed by atoms with van der Waals surface area (Å²) < 4.78 is 6.93. The molecule has 1 unspecified atom stereocenters. The first-order valence-corrected chi connectivity index (χ1v) is 6.20. The second-order valence-corrected chi connectivity index (χ2v) is 4.42. The SMILES string of the molecule is CCC(Cl)c1cn(Cc2cccnc2OC)nn1. The minimum absolute atomic E-state index is 0.0884. The molecular formula is C12H15ClN4O. The molecule has 0 N–H and O–H groups in total. The van der Waals surface area contributed by atoms with Gasteiger partial charge in [-0.3, -0.25) is 0 Å². The first-order chi connectivity index (χ1) is 8.74. The molecule has 2 heterocycles. The van der Waals surface area contributed by atoms with Crippen LogP contribution in [-0.2, 0) is 6.54 Å². The van der Waals surface area contributed by atoms with Gasteiger partial charge in [0.25, 0.3) is 0 Å². The van der Waals surface area contributed by atoms with Gasteiger partial charge in [-0.15, -0.1) is 16.7 Å². The molecule has 0 aromatic carbocycles. The first-order valence-electron chi connectivity index (χ1n) is 5.76. The van der Waals surface area contributed by atoms with Gasteiger partial charge in [0.15, 0.2) is 0 Å². The molecule has 0 saturated carbocycles. The minimum Gasteiger partial charge on any atom is -0.481 e. The van der Waals surface area contributed by atoms with E-state index in [0.717, 1.165) is 17.7 Å². The maximum atomic E-state index is 6.11. The Morgan fingerprint density at radius 3 is 3.06 bits per heavy atom. The Hall–Kier alpha value is -1.62. The molecule has 2 aromatic rings. The quantitative estimate of drug-likeness (QED) is 0.780. The number of hydrogen-bond acceptors (Lipinski definition) is 4. The molecule has 2 aromatic heterocycles. The van der Waals surface area contributed by atoms with Gasteiger partial charge in [0.2, 0.25) is 5.88 Å². The molecule has 0 aliphatic rings. The van der Waals surface area contributed by atoms with Gasteiger partial charge in [-0.1, -0.05) is 18.2 Å². The lowest BCUT2D eigenvalue weighted by Crippen LogP contribution is -2.03. The Morgan fingerprint density at radius 2 is 2.33 bits per heavy atom. The highest BCUT2D eigenvalue weighted by atomic mass is 35.5. The maximum Gasteiger partial charge on any atom is 0.218 e. The molecule has 0 aliphatic carbocycles. The summed E-state index contributed by atoms with van der Waals surface area (Å²) in [6.07, 6.45) is 4.38. The number of rotatable bonds is 5. The fourth-order valence-electron chi connectivity index (χ4n) is 1.65. The van der Waals surface area contributed by atoms with E-state index in [9.17, 15) is 0 Å². The van der Waals surface area contributed by atoms with Crippen molar-refractivity contribution in [3.8, 4) is 5.88 Å². The molecule has 5 nitrogen and oxygen atoms in total. The predicted octanol–water partition coefficient (Wildman–Crippen LogP) is 2.42.